The van der Waals surface area contributed by atoms with Crippen molar-refractivity contribution in [3.05, 3.63) is 48.0 Å². The van der Waals surface area contributed by atoms with Gasteiger partial charge in [-0.05, 0) is 29.8 Å². The fourth-order valence-electron chi connectivity index (χ4n) is 2.03. The Morgan fingerprint density at radius 1 is 1.19 bits per heavy atom. The number of nitrogens with one attached hydrogen (secondary N) is 1. The van der Waals surface area contributed by atoms with Crippen LogP contribution in [0.2, 0.25) is 0 Å². The molecule has 0 atom stereocenters. The molecule has 0 unspecified atom stereocenters. The third kappa shape index (κ3) is 3.17. The van der Waals surface area contributed by atoms with Gasteiger partial charge in [0.05, 0.1) is 25.3 Å². The first-order valence-corrected chi connectivity index (χ1v) is 7.13. The number of rotatable bonds is 4. The number of carbonyl (C=O) groups is 1. The lowest BCUT2D eigenvalue weighted by molar-refractivity contribution is -0.115. The lowest BCUT2D eigenvalue weighted by atomic mass is 10.1. The zero-order valence-electron chi connectivity index (χ0n) is 11.4. The van der Waals surface area contributed by atoms with Crippen molar-refractivity contribution in [2.45, 2.75) is 6.42 Å². The number of ether oxygens (including phenoxy) is 1. The molecule has 1 aromatic heterocycles. The van der Waals surface area contributed by atoms with Gasteiger partial charge in [0.1, 0.15) is 16.8 Å². The minimum atomic E-state index is -0.0780. The molecule has 0 fully saturated rings. The summed E-state index contributed by atoms with van der Waals surface area (Å²) in [7, 11) is 1.60. The third-order valence-electron chi connectivity index (χ3n) is 3.04. The molecule has 21 heavy (non-hydrogen) atoms. The number of nitrogens with zero attached hydrogens (tertiary/aromatic N) is 2. The first-order valence-electron chi connectivity index (χ1n) is 6.40. The summed E-state index contributed by atoms with van der Waals surface area (Å²) in [5.74, 6) is 0.633. The van der Waals surface area contributed by atoms with E-state index in [-0.39, 0.29) is 5.91 Å². The van der Waals surface area contributed by atoms with Gasteiger partial charge in [-0.25, -0.2) is 0 Å². The van der Waals surface area contributed by atoms with Gasteiger partial charge in [-0.2, -0.15) is 8.75 Å². The molecule has 5 nitrogen and oxygen atoms in total. The summed E-state index contributed by atoms with van der Waals surface area (Å²) in [5.41, 5.74) is 3.31. The molecule has 0 saturated heterocycles. The van der Waals surface area contributed by atoms with Crippen LogP contribution in [0, 0.1) is 0 Å². The molecule has 1 heterocycles. The van der Waals surface area contributed by atoms with Crippen molar-refractivity contribution in [2.75, 3.05) is 12.4 Å². The second-order valence-electron chi connectivity index (χ2n) is 4.54. The maximum absolute atomic E-state index is 12.1. The van der Waals surface area contributed by atoms with Crippen LogP contribution in [0.3, 0.4) is 0 Å². The van der Waals surface area contributed by atoms with E-state index in [1.165, 1.54) is 11.7 Å². The number of anilines is 1. The van der Waals surface area contributed by atoms with Crippen LogP contribution in [0.5, 0.6) is 5.75 Å². The lowest BCUT2D eigenvalue weighted by Gasteiger charge is -2.07. The number of aromatic nitrogens is 2. The zero-order valence-corrected chi connectivity index (χ0v) is 12.2. The number of hydrogen-bond donors (Lipinski definition) is 1. The Balaban J connectivity index is 1.70. The van der Waals surface area contributed by atoms with E-state index in [4.69, 9.17) is 4.74 Å². The van der Waals surface area contributed by atoms with E-state index in [0.29, 0.717) is 12.2 Å². The highest BCUT2D eigenvalue weighted by Crippen LogP contribution is 2.18. The van der Waals surface area contributed by atoms with E-state index in [0.717, 1.165) is 22.3 Å². The quantitative estimate of drug-likeness (QED) is 0.804. The summed E-state index contributed by atoms with van der Waals surface area (Å²) in [6, 6.07) is 12.9. The van der Waals surface area contributed by atoms with Crippen LogP contribution < -0.4 is 10.1 Å². The topological polar surface area (TPSA) is 64.1 Å². The standard InChI is InChI=1S/C15H13N3O2S/c1-20-12-4-2-3-11(9-12)16-15(19)8-10-5-6-13-14(7-10)18-21-17-13/h2-7,9H,8H2,1H3,(H,16,19). The van der Waals surface area contributed by atoms with Gasteiger partial charge < -0.3 is 10.1 Å². The first-order chi connectivity index (χ1) is 10.2. The first kappa shape index (κ1) is 13.5. The van der Waals surface area contributed by atoms with Gasteiger partial charge in [-0.15, -0.1) is 0 Å². The predicted octanol–water partition coefficient (Wildman–Crippen LogP) is 2.88. The van der Waals surface area contributed by atoms with E-state index in [1.54, 1.807) is 13.2 Å². The fraction of sp³-hybridized carbons (Fsp3) is 0.133. The predicted molar refractivity (Wildman–Crippen MR) is 82.7 cm³/mol. The molecule has 0 radical (unpaired) electrons. The van der Waals surface area contributed by atoms with Gasteiger partial charge >= 0.3 is 0 Å². The average Bonchev–Trinajstić information content (AvgIpc) is 2.95. The molecule has 0 aliphatic carbocycles. The Kier molecular flexibility index (Phi) is 3.79. The van der Waals surface area contributed by atoms with E-state index in [2.05, 4.69) is 14.1 Å². The maximum Gasteiger partial charge on any atom is 0.228 e. The number of benzene rings is 2. The number of amides is 1. The molecule has 2 aromatic carbocycles. The Bertz CT molecular complexity index is 785. The fourth-order valence-corrected chi connectivity index (χ4v) is 2.55. The summed E-state index contributed by atoms with van der Waals surface area (Å²) >= 11 is 1.17. The summed E-state index contributed by atoms with van der Waals surface area (Å²) in [6.07, 6.45) is 0.296. The van der Waals surface area contributed by atoms with Crippen LogP contribution in [0.1, 0.15) is 5.56 Å². The molecule has 0 spiro atoms. The Labute approximate surface area is 125 Å². The van der Waals surface area contributed by atoms with Gasteiger partial charge in [0.25, 0.3) is 0 Å². The molecule has 3 rings (SSSR count). The van der Waals surface area contributed by atoms with Crippen molar-refractivity contribution in [1.29, 1.82) is 0 Å². The Hall–Kier alpha value is -2.47. The summed E-state index contributed by atoms with van der Waals surface area (Å²) in [6.45, 7) is 0. The number of hydrogen-bond acceptors (Lipinski definition) is 5. The second-order valence-corrected chi connectivity index (χ2v) is 5.07. The SMILES string of the molecule is COc1cccc(NC(=O)Cc2ccc3nsnc3c2)c1. The smallest absolute Gasteiger partial charge is 0.228 e. The second kappa shape index (κ2) is 5.88. The zero-order chi connectivity index (χ0) is 14.7. The van der Waals surface area contributed by atoms with Crippen molar-refractivity contribution < 1.29 is 9.53 Å². The molecule has 0 aliphatic heterocycles. The van der Waals surface area contributed by atoms with Gasteiger partial charge in [0.15, 0.2) is 0 Å². The van der Waals surface area contributed by atoms with Crippen molar-refractivity contribution in [3.63, 3.8) is 0 Å². The van der Waals surface area contributed by atoms with Crippen LogP contribution in [-0.4, -0.2) is 21.8 Å². The maximum atomic E-state index is 12.1. The van der Waals surface area contributed by atoms with E-state index in [1.807, 2.05) is 36.4 Å². The van der Waals surface area contributed by atoms with Crippen molar-refractivity contribution in [2.24, 2.45) is 0 Å². The molecule has 0 aliphatic rings. The Morgan fingerprint density at radius 2 is 2.05 bits per heavy atom. The summed E-state index contributed by atoms with van der Waals surface area (Å²) in [5, 5.41) is 2.85. The molecular weight excluding hydrogens is 286 g/mol. The Morgan fingerprint density at radius 3 is 2.90 bits per heavy atom. The molecule has 1 N–H and O–H groups in total. The van der Waals surface area contributed by atoms with Gasteiger partial charge in [0.2, 0.25) is 5.91 Å². The van der Waals surface area contributed by atoms with Crippen molar-refractivity contribution in [1.82, 2.24) is 8.75 Å². The molecule has 6 heteroatoms. The van der Waals surface area contributed by atoms with E-state index >= 15 is 0 Å². The van der Waals surface area contributed by atoms with Crippen LogP contribution in [0.25, 0.3) is 11.0 Å². The third-order valence-corrected chi connectivity index (χ3v) is 3.59. The summed E-state index contributed by atoms with van der Waals surface area (Å²) < 4.78 is 13.4. The molecule has 1 amide bonds. The van der Waals surface area contributed by atoms with Crippen LogP contribution in [0.4, 0.5) is 5.69 Å². The van der Waals surface area contributed by atoms with Crippen LogP contribution in [0.15, 0.2) is 42.5 Å². The average molecular weight is 299 g/mol. The van der Waals surface area contributed by atoms with E-state index < -0.39 is 0 Å². The normalized spacial score (nSPS) is 10.5. The highest BCUT2D eigenvalue weighted by atomic mass is 32.1. The lowest BCUT2D eigenvalue weighted by Crippen LogP contribution is -2.14. The number of methoxy groups -OCH3 is 1. The van der Waals surface area contributed by atoms with Crippen molar-refractivity contribution in [3.8, 4) is 5.75 Å². The minimum Gasteiger partial charge on any atom is -0.497 e. The highest BCUT2D eigenvalue weighted by Gasteiger charge is 2.07. The summed E-state index contributed by atoms with van der Waals surface area (Å²) in [4.78, 5) is 12.1. The van der Waals surface area contributed by atoms with Crippen molar-refractivity contribution >= 4 is 34.4 Å². The largest absolute Gasteiger partial charge is 0.497 e. The van der Waals surface area contributed by atoms with Gasteiger partial charge in [-0.3, -0.25) is 4.79 Å². The molecule has 0 bridgehead atoms. The highest BCUT2D eigenvalue weighted by molar-refractivity contribution is 7.00. The number of fused-ring (bicyclic) bond motifs is 1. The van der Waals surface area contributed by atoms with Crippen LogP contribution in [-0.2, 0) is 11.2 Å². The number of carbonyl (C=O) groups excluding carboxylic acids is 1. The van der Waals surface area contributed by atoms with E-state index in [9.17, 15) is 4.79 Å². The minimum absolute atomic E-state index is 0.0780. The molecule has 0 saturated carbocycles. The monoisotopic (exact) mass is 299 g/mol. The van der Waals surface area contributed by atoms with Gasteiger partial charge in [-0.1, -0.05) is 12.1 Å². The molecular formula is C15H13N3O2S. The molecule has 3 aromatic rings. The van der Waals surface area contributed by atoms with Crippen LogP contribution >= 0.6 is 11.7 Å². The van der Waals surface area contributed by atoms with Gasteiger partial charge in [0, 0.05) is 11.8 Å². The molecule has 106 valence electrons.